The fourth-order valence-electron chi connectivity index (χ4n) is 8.72. The van der Waals surface area contributed by atoms with E-state index < -0.39 is 24.3 Å². The number of aromatic nitrogens is 4. The number of carbonyl (C=O) groups is 4. The Kier molecular flexibility index (Phi) is 10.6. The van der Waals surface area contributed by atoms with Crippen LogP contribution in [0.3, 0.4) is 0 Å². The van der Waals surface area contributed by atoms with Crippen molar-refractivity contribution in [2.24, 2.45) is 0 Å². The normalized spacial score (nSPS) is 17.3. The van der Waals surface area contributed by atoms with Crippen molar-refractivity contribution >= 4 is 46.1 Å². The second-order valence-corrected chi connectivity index (χ2v) is 15.4. The Balaban J connectivity index is 0.911. The van der Waals surface area contributed by atoms with Gasteiger partial charge < -0.3 is 40.2 Å². The molecule has 2 fully saturated rings. The first-order valence-corrected chi connectivity index (χ1v) is 20.4. The molecule has 9 rings (SSSR count). The second-order valence-electron chi connectivity index (χ2n) is 15.4. The third kappa shape index (κ3) is 7.87. The minimum Gasteiger partial charge on any atom is -0.465 e. The van der Waals surface area contributed by atoms with Crippen molar-refractivity contribution in [3.63, 3.8) is 0 Å². The molecule has 4 atom stereocenters. The molecule has 0 aliphatic carbocycles. The average Bonchev–Trinajstić information content (AvgIpc) is 4.13. The van der Waals surface area contributed by atoms with Crippen LogP contribution in [0.5, 0.6) is 0 Å². The van der Waals surface area contributed by atoms with Crippen LogP contribution in [-0.4, -0.2) is 79.0 Å². The number of hydrogen-bond acceptors (Lipinski definition) is 7. The van der Waals surface area contributed by atoms with Gasteiger partial charge in [-0.2, -0.15) is 0 Å². The second kappa shape index (κ2) is 16.6. The monoisotopic (exact) mass is 816 g/mol. The molecule has 14 heteroatoms. The van der Waals surface area contributed by atoms with E-state index >= 15 is 0 Å². The van der Waals surface area contributed by atoms with Crippen molar-refractivity contribution in [3.05, 3.63) is 144 Å². The fourth-order valence-corrected chi connectivity index (χ4v) is 8.72. The first-order chi connectivity index (χ1) is 29.7. The molecule has 61 heavy (non-hydrogen) atoms. The SMILES string of the molecule is COC(=O)NC(C(=O)N1CCCC1c1nc2ccc(-c3ccc(-c4ccc5nc(C6CCCN6C(=O)C(NC(=O)O)c6ccccc6)[nH]c5c4)cc3)cc2[nH]1)c1ccccc1. The van der Waals surface area contributed by atoms with Gasteiger partial charge in [0.1, 0.15) is 23.7 Å². The zero-order valence-electron chi connectivity index (χ0n) is 33.4. The molecule has 5 aromatic carbocycles. The van der Waals surface area contributed by atoms with Crippen LogP contribution in [0.4, 0.5) is 9.59 Å². The molecule has 7 aromatic rings. The highest BCUT2D eigenvalue weighted by atomic mass is 16.5. The molecule has 2 aliphatic rings. The standard InChI is InChI=1S/C47H44N8O6/c1-61-47(60)53-41(31-12-6-3-7-13-31)45(57)55-25-9-15-39(55)43-49-35-23-21-33(27-37(35)51-43)29-18-16-28(17-19-29)32-20-22-34-36(26-32)50-42(48-34)38-14-8-24-54(38)44(56)40(52-46(58)59)30-10-4-2-5-11-30/h2-7,10-13,16-23,26-27,38-41,52H,8-9,14-15,24-25H2,1H3,(H,48,50)(H,49,51)(H,53,60)(H,58,59). The van der Waals surface area contributed by atoms with Crippen molar-refractivity contribution in [2.45, 2.75) is 49.9 Å². The number of nitrogens with zero attached hydrogens (tertiary/aromatic N) is 4. The van der Waals surface area contributed by atoms with Gasteiger partial charge in [-0.25, -0.2) is 19.6 Å². The number of alkyl carbamates (subject to hydrolysis) is 1. The molecule has 2 saturated heterocycles. The highest BCUT2D eigenvalue weighted by Gasteiger charge is 2.38. The van der Waals surface area contributed by atoms with Crippen molar-refractivity contribution in [3.8, 4) is 22.3 Å². The van der Waals surface area contributed by atoms with Gasteiger partial charge in [-0.15, -0.1) is 0 Å². The number of benzene rings is 5. The topological polar surface area (TPSA) is 186 Å². The van der Waals surface area contributed by atoms with Gasteiger partial charge in [0.15, 0.2) is 0 Å². The number of fused-ring (bicyclic) bond motifs is 2. The van der Waals surface area contributed by atoms with E-state index in [1.54, 1.807) is 34.1 Å². The maximum absolute atomic E-state index is 14.0. The van der Waals surface area contributed by atoms with E-state index in [2.05, 4.69) is 57.0 Å². The van der Waals surface area contributed by atoms with Crippen LogP contribution in [0.1, 0.15) is 72.6 Å². The van der Waals surface area contributed by atoms with E-state index in [1.165, 1.54) is 7.11 Å². The predicted molar refractivity (Wildman–Crippen MR) is 229 cm³/mol. The lowest BCUT2D eigenvalue weighted by atomic mass is 10.00. The number of likely N-dealkylation sites (tertiary alicyclic amines) is 2. The van der Waals surface area contributed by atoms with E-state index in [4.69, 9.17) is 14.7 Å². The summed E-state index contributed by atoms with van der Waals surface area (Å²) in [4.78, 5) is 72.0. The van der Waals surface area contributed by atoms with E-state index in [0.29, 0.717) is 42.3 Å². The summed E-state index contributed by atoms with van der Waals surface area (Å²) in [5.74, 6) is 0.853. The molecule has 5 N–H and O–H groups in total. The Morgan fingerprint density at radius 1 is 0.623 bits per heavy atom. The van der Waals surface area contributed by atoms with Crippen LogP contribution in [0.15, 0.2) is 121 Å². The lowest BCUT2D eigenvalue weighted by Crippen LogP contribution is -2.42. The van der Waals surface area contributed by atoms with Crippen molar-refractivity contribution in [1.29, 1.82) is 0 Å². The summed E-state index contributed by atoms with van der Waals surface area (Å²) in [5.41, 5.74) is 8.61. The van der Waals surface area contributed by atoms with Gasteiger partial charge in [-0.05, 0) is 83.3 Å². The minimum absolute atomic E-state index is 0.218. The van der Waals surface area contributed by atoms with Gasteiger partial charge in [-0.1, -0.05) is 97.1 Å². The number of amides is 4. The number of imidazole rings is 2. The Morgan fingerprint density at radius 3 is 1.48 bits per heavy atom. The fraction of sp³-hybridized carbons (Fsp3) is 0.234. The van der Waals surface area contributed by atoms with Crippen LogP contribution in [0, 0.1) is 0 Å². The molecule has 2 aromatic heterocycles. The smallest absolute Gasteiger partial charge is 0.407 e. The maximum atomic E-state index is 14.0. The highest BCUT2D eigenvalue weighted by Crippen LogP contribution is 2.37. The number of aromatic amines is 2. The zero-order valence-corrected chi connectivity index (χ0v) is 33.4. The van der Waals surface area contributed by atoms with Crippen LogP contribution >= 0.6 is 0 Å². The highest BCUT2D eigenvalue weighted by molar-refractivity contribution is 5.89. The minimum atomic E-state index is -1.26. The lowest BCUT2D eigenvalue weighted by Gasteiger charge is -2.28. The largest absolute Gasteiger partial charge is 0.465 e. The molecule has 0 radical (unpaired) electrons. The van der Waals surface area contributed by atoms with Crippen molar-refractivity contribution in [1.82, 2.24) is 40.4 Å². The van der Waals surface area contributed by atoms with Crippen LogP contribution in [0.25, 0.3) is 44.3 Å². The van der Waals surface area contributed by atoms with Gasteiger partial charge in [-0.3, -0.25) is 9.59 Å². The first-order valence-electron chi connectivity index (χ1n) is 20.4. The number of methoxy groups -OCH3 is 1. The molecular weight excluding hydrogens is 773 g/mol. The van der Waals surface area contributed by atoms with Crippen molar-refractivity contribution in [2.75, 3.05) is 20.2 Å². The summed E-state index contributed by atoms with van der Waals surface area (Å²) in [6.45, 7) is 1.05. The van der Waals surface area contributed by atoms with Crippen LogP contribution in [0.2, 0.25) is 0 Å². The predicted octanol–water partition coefficient (Wildman–Crippen LogP) is 8.21. The average molecular weight is 817 g/mol. The summed E-state index contributed by atoms with van der Waals surface area (Å²) in [6, 6.07) is 36.1. The molecule has 0 spiro atoms. The first kappa shape index (κ1) is 39.0. The molecule has 0 saturated carbocycles. The molecule has 4 amide bonds. The summed E-state index contributed by atoms with van der Waals surface area (Å²) >= 11 is 0. The summed E-state index contributed by atoms with van der Waals surface area (Å²) < 4.78 is 4.84. The third-order valence-corrected chi connectivity index (χ3v) is 11.7. The Labute approximate surface area is 351 Å². The number of ether oxygens (including phenoxy) is 1. The summed E-state index contributed by atoms with van der Waals surface area (Å²) in [7, 11) is 1.28. The quantitative estimate of drug-likeness (QED) is 0.0914. The lowest BCUT2D eigenvalue weighted by molar-refractivity contribution is -0.135. The van der Waals surface area contributed by atoms with Crippen LogP contribution < -0.4 is 10.6 Å². The number of carboxylic acid groups (broad SMARTS) is 1. The Hall–Kier alpha value is -7.48. The van der Waals surface area contributed by atoms with Crippen LogP contribution in [-0.2, 0) is 14.3 Å². The molecule has 0 bridgehead atoms. The van der Waals surface area contributed by atoms with E-state index in [1.807, 2.05) is 60.7 Å². The molecule has 14 nitrogen and oxygen atoms in total. The van der Waals surface area contributed by atoms with Gasteiger partial charge in [0.2, 0.25) is 0 Å². The number of nitrogens with one attached hydrogen (secondary N) is 4. The maximum Gasteiger partial charge on any atom is 0.407 e. The van der Waals surface area contributed by atoms with Gasteiger partial charge in [0.05, 0.1) is 41.3 Å². The number of carbonyl (C=O) groups excluding carboxylic acids is 3. The molecule has 308 valence electrons. The molecular formula is C47H44N8O6. The van der Waals surface area contributed by atoms with Gasteiger partial charge in [0.25, 0.3) is 11.8 Å². The van der Waals surface area contributed by atoms with E-state index in [9.17, 15) is 24.3 Å². The molecule has 4 unspecified atom stereocenters. The van der Waals surface area contributed by atoms with E-state index in [-0.39, 0.29) is 23.9 Å². The summed E-state index contributed by atoms with van der Waals surface area (Å²) in [5, 5.41) is 14.7. The summed E-state index contributed by atoms with van der Waals surface area (Å²) in [6.07, 6.45) is 1.11. The molecule has 2 aliphatic heterocycles. The zero-order chi connectivity index (χ0) is 42.0. The van der Waals surface area contributed by atoms with Gasteiger partial charge >= 0.3 is 12.2 Å². The third-order valence-electron chi connectivity index (χ3n) is 11.7. The number of hydrogen-bond donors (Lipinski definition) is 5. The van der Waals surface area contributed by atoms with Gasteiger partial charge in [0, 0.05) is 13.1 Å². The Bertz CT molecular complexity index is 2730. The van der Waals surface area contributed by atoms with E-state index in [0.717, 1.165) is 63.6 Å². The number of rotatable bonds is 10. The Morgan fingerprint density at radius 2 is 1.05 bits per heavy atom. The van der Waals surface area contributed by atoms with Crippen molar-refractivity contribution < 1.29 is 29.0 Å². The molecule has 4 heterocycles. The number of H-pyrrole nitrogens is 2.